The number of likely N-dealkylation sites (tertiary alicyclic amines) is 1. The fraction of sp³-hybridized carbons (Fsp3) is 0.250. The zero-order valence-corrected chi connectivity index (χ0v) is 19.1. The topological polar surface area (TPSA) is 74.1 Å². The van der Waals surface area contributed by atoms with Crippen molar-refractivity contribution >= 4 is 33.4 Å². The van der Waals surface area contributed by atoms with E-state index in [1.54, 1.807) is 54.6 Å². The number of rotatable bonds is 8. The van der Waals surface area contributed by atoms with E-state index in [0.717, 1.165) is 9.37 Å². The van der Waals surface area contributed by atoms with Crippen LogP contribution in [0.5, 0.6) is 5.75 Å². The van der Waals surface area contributed by atoms with E-state index < -0.39 is 23.5 Å². The summed E-state index contributed by atoms with van der Waals surface area (Å²) in [5.74, 6) is -1.16. The lowest BCUT2D eigenvalue weighted by atomic mass is 9.95. The third kappa shape index (κ3) is 5.06. The first-order valence-corrected chi connectivity index (χ1v) is 10.8. The second-order valence-corrected chi connectivity index (χ2v) is 8.52. The molecular formula is C24H25BrN2O4. The zero-order chi connectivity index (χ0) is 22.5. The Morgan fingerprint density at radius 1 is 1.16 bits per heavy atom. The highest BCUT2D eigenvalue weighted by atomic mass is 79.9. The largest absolute Gasteiger partial charge is 0.872 e. The van der Waals surface area contributed by atoms with Crippen LogP contribution in [0.3, 0.4) is 0 Å². The Balaban J connectivity index is 2.07. The van der Waals surface area contributed by atoms with Gasteiger partial charge in [-0.15, -0.1) is 0 Å². The molecule has 3 rings (SSSR count). The first-order chi connectivity index (χ1) is 14.8. The van der Waals surface area contributed by atoms with Crippen LogP contribution in [0.1, 0.15) is 17.2 Å². The van der Waals surface area contributed by atoms with E-state index in [2.05, 4.69) is 22.5 Å². The van der Waals surface area contributed by atoms with E-state index >= 15 is 0 Å². The molecule has 1 aliphatic heterocycles. The van der Waals surface area contributed by atoms with Gasteiger partial charge in [-0.2, -0.15) is 0 Å². The van der Waals surface area contributed by atoms with E-state index in [1.807, 2.05) is 14.1 Å². The fourth-order valence-electron chi connectivity index (χ4n) is 3.45. The molecule has 1 N–H and O–H groups in total. The number of likely N-dealkylation sites (N-methyl/N-ethyl adjacent to an activating group) is 1. The van der Waals surface area contributed by atoms with Crippen LogP contribution in [0, 0.1) is 0 Å². The normalized spacial score (nSPS) is 17.9. The number of ketones is 1. The summed E-state index contributed by atoms with van der Waals surface area (Å²) in [7, 11) is 3.95. The lowest BCUT2D eigenvalue weighted by Crippen LogP contribution is -3.06. The number of nitrogens with one attached hydrogen (secondary N) is 1. The summed E-state index contributed by atoms with van der Waals surface area (Å²) in [6.07, 6.45) is 1.65. The van der Waals surface area contributed by atoms with Gasteiger partial charge in [-0.25, -0.2) is 0 Å². The van der Waals surface area contributed by atoms with Crippen molar-refractivity contribution in [2.24, 2.45) is 0 Å². The quantitative estimate of drug-likeness (QED) is 0.266. The maximum Gasteiger partial charge on any atom is 0.295 e. The van der Waals surface area contributed by atoms with Gasteiger partial charge in [0, 0.05) is 10.0 Å². The summed E-state index contributed by atoms with van der Waals surface area (Å²) < 4.78 is 6.35. The molecule has 0 aromatic heterocycles. The van der Waals surface area contributed by atoms with Gasteiger partial charge >= 0.3 is 0 Å². The van der Waals surface area contributed by atoms with Crippen LogP contribution in [0.15, 0.2) is 71.2 Å². The summed E-state index contributed by atoms with van der Waals surface area (Å²) in [5, 5.41) is 13.3. The maximum absolute atomic E-state index is 13.3. The number of quaternary nitrogens is 1. The van der Waals surface area contributed by atoms with E-state index in [4.69, 9.17) is 4.74 Å². The Kier molecular flexibility index (Phi) is 7.30. The van der Waals surface area contributed by atoms with Crippen molar-refractivity contribution in [3.05, 3.63) is 82.4 Å². The molecular weight excluding hydrogens is 460 g/mol. The van der Waals surface area contributed by atoms with Gasteiger partial charge in [0.1, 0.15) is 12.4 Å². The van der Waals surface area contributed by atoms with Crippen LogP contribution in [-0.2, 0) is 9.59 Å². The Hall–Kier alpha value is -2.90. The minimum Gasteiger partial charge on any atom is -0.872 e. The average Bonchev–Trinajstić information content (AvgIpc) is 3.01. The predicted octanol–water partition coefficient (Wildman–Crippen LogP) is 1.38. The number of nitrogens with zero attached hydrogens (tertiary/aromatic N) is 1. The van der Waals surface area contributed by atoms with Gasteiger partial charge in [0.25, 0.3) is 5.91 Å². The molecule has 1 amide bonds. The SMILES string of the molecule is C=CCOc1ccc(C2C(=C([O-])c3ccc(Br)cc3)C(=O)C(=O)N2CC[NH+](C)C)cc1. The monoisotopic (exact) mass is 484 g/mol. The molecule has 7 heteroatoms. The van der Waals surface area contributed by atoms with Gasteiger partial charge in [-0.05, 0) is 35.4 Å². The number of amides is 1. The second-order valence-electron chi connectivity index (χ2n) is 7.61. The summed E-state index contributed by atoms with van der Waals surface area (Å²) in [5.41, 5.74) is 1.05. The molecule has 0 spiro atoms. The van der Waals surface area contributed by atoms with Crippen molar-refractivity contribution in [3.8, 4) is 5.75 Å². The number of Topliss-reactive ketones (excluding diaryl/α,β-unsaturated/α-hetero) is 1. The van der Waals surface area contributed by atoms with Gasteiger partial charge < -0.3 is 19.6 Å². The average molecular weight is 485 g/mol. The van der Waals surface area contributed by atoms with Gasteiger partial charge in [0.2, 0.25) is 5.78 Å². The van der Waals surface area contributed by atoms with Crippen molar-refractivity contribution in [1.29, 1.82) is 0 Å². The minimum atomic E-state index is -0.737. The van der Waals surface area contributed by atoms with Crippen molar-refractivity contribution in [1.82, 2.24) is 4.90 Å². The molecule has 0 bridgehead atoms. The second kappa shape index (κ2) is 9.94. The van der Waals surface area contributed by atoms with Crippen molar-refractivity contribution < 1.29 is 24.3 Å². The van der Waals surface area contributed by atoms with Crippen LogP contribution in [0.4, 0.5) is 0 Å². The number of ether oxygens (including phenoxy) is 1. The highest BCUT2D eigenvalue weighted by Gasteiger charge is 2.44. The van der Waals surface area contributed by atoms with Gasteiger partial charge in [-0.3, -0.25) is 9.59 Å². The Labute approximate surface area is 190 Å². The van der Waals surface area contributed by atoms with Crippen molar-refractivity contribution in [2.45, 2.75) is 6.04 Å². The summed E-state index contributed by atoms with van der Waals surface area (Å²) in [4.78, 5) is 28.4. The van der Waals surface area contributed by atoms with Crippen molar-refractivity contribution in [2.75, 3.05) is 33.8 Å². The molecule has 1 atom stereocenters. The van der Waals surface area contributed by atoms with E-state index in [1.165, 1.54) is 4.90 Å². The molecule has 0 radical (unpaired) electrons. The van der Waals surface area contributed by atoms with Crippen LogP contribution >= 0.6 is 15.9 Å². The van der Waals surface area contributed by atoms with Crippen molar-refractivity contribution in [3.63, 3.8) is 0 Å². The van der Waals surface area contributed by atoms with Crippen LogP contribution in [0.2, 0.25) is 0 Å². The summed E-state index contributed by atoms with van der Waals surface area (Å²) in [6, 6.07) is 13.2. The molecule has 0 saturated carbocycles. The lowest BCUT2D eigenvalue weighted by Gasteiger charge is -2.28. The number of halogens is 1. The first kappa shape index (κ1) is 22.8. The number of carbonyl (C=O) groups is 2. The summed E-state index contributed by atoms with van der Waals surface area (Å²) >= 11 is 3.35. The molecule has 31 heavy (non-hydrogen) atoms. The molecule has 2 aromatic rings. The smallest absolute Gasteiger partial charge is 0.295 e. The third-order valence-corrected chi connectivity index (χ3v) is 5.58. The number of carbonyl (C=O) groups excluding carboxylic acids is 2. The van der Waals surface area contributed by atoms with E-state index in [0.29, 0.717) is 36.6 Å². The van der Waals surface area contributed by atoms with Crippen LogP contribution in [0.25, 0.3) is 5.76 Å². The molecule has 0 aliphatic carbocycles. The molecule has 162 valence electrons. The molecule has 1 aliphatic rings. The van der Waals surface area contributed by atoms with Gasteiger partial charge in [0.05, 0.1) is 33.2 Å². The van der Waals surface area contributed by atoms with E-state index in [9.17, 15) is 14.7 Å². The van der Waals surface area contributed by atoms with Crippen LogP contribution < -0.4 is 14.7 Å². The zero-order valence-electron chi connectivity index (χ0n) is 17.6. The highest BCUT2D eigenvalue weighted by Crippen LogP contribution is 2.38. The fourth-order valence-corrected chi connectivity index (χ4v) is 3.71. The first-order valence-electron chi connectivity index (χ1n) is 9.98. The van der Waals surface area contributed by atoms with Gasteiger partial charge in [0.15, 0.2) is 0 Å². The Bertz CT molecular complexity index is 997. The molecule has 6 nitrogen and oxygen atoms in total. The molecule has 1 saturated heterocycles. The predicted molar refractivity (Wildman–Crippen MR) is 120 cm³/mol. The Morgan fingerprint density at radius 3 is 2.39 bits per heavy atom. The Morgan fingerprint density at radius 2 is 1.81 bits per heavy atom. The third-order valence-electron chi connectivity index (χ3n) is 5.05. The molecule has 1 unspecified atom stereocenters. The molecule has 1 fully saturated rings. The minimum absolute atomic E-state index is 0.0131. The van der Waals surface area contributed by atoms with E-state index in [-0.39, 0.29) is 5.57 Å². The standard InChI is InChI=1S/C24H25BrN2O4/c1-4-15-31-19-11-7-16(8-12-19)21-20(22(28)17-5-9-18(25)10-6-17)23(29)24(30)27(21)14-13-26(2)3/h4-12,21,28H,1,13-15H2,2-3H3. The molecule has 1 heterocycles. The van der Waals surface area contributed by atoms with Gasteiger partial charge in [-0.1, -0.05) is 58.6 Å². The number of benzene rings is 2. The highest BCUT2D eigenvalue weighted by molar-refractivity contribution is 9.10. The lowest BCUT2D eigenvalue weighted by molar-refractivity contribution is -0.857. The number of hydrogen-bond donors (Lipinski definition) is 1. The molecule has 2 aromatic carbocycles. The maximum atomic E-state index is 13.3. The summed E-state index contributed by atoms with van der Waals surface area (Å²) in [6.45, 7) is 5.01. The van der Waals surface area contributed by atoms with Crippen LogP contribution in [-0.4, -0.2) is 50.4 Å². The number of hydrogen-bond acceptors (Lipinski definition) is 4.